The molecule has 0 N–H and O–H groups in total. The number of aryl methyl sites for hydroxylation is 2. The molecule has 0 radical (unpaired) electrons. The molecule has 0 bridgehead atoms. The van der Waals surface area contributed by atoms with Gasteiger partial charge < -0.3 is 4.90 Å². The summed E-state index contributed by atoms with van der Waals surface area (Å²) in [5.41, 5.74) is 2.30. The first-order chi connectivity index (χ1) is 5.65. The third-order valence-electron chi connectivity index (χ3n) is 1.85. The van der Waals surface area contributed by atoms with E-state index in [0.717, 1.165) is 18.1 Å². The van der Waals surface area contributed by atoms with E-state index in [0.29, 0.717) is 0 Å². The van der Waals surface area contributed by atoms with Crippen LogP contribution in [0.2, 0.25) is 0 Å². The standard InChI is InChI=1S/C9H15N3/c1-5-8-6-10-9(12(3)4)11-7(8)2/h6H,5H2,1-4H3. The quantitative estimate of drug-likeness (QED) is 0.663. The number of rotatable bonds is 2. The number of hydrogen-bond donors (Lipinski definition) is 0. The molecule has 12 heavy (non-hydrogen) atoms. The van der Waals surface area contributed by atoms with Crippen molar-refractivity contribution in [3.8, 4) is 0 Å². The molecule has 1 aromatic rings. The van der Waals surface area contributed by atoms with E-state index in [1.807, 2.05) is 32.1 Å². The van der Waals surface area contributed by atoms with E-state index in [9.17, 15) is 0 Å². The van der Waals surface area contributed by atoms with Crippen molar-refractivity contribution < 1.29 is 0 Å². The summed E-state index contributed by atoms with van der Waals surface area (Å²) in [6.07, 6.45) is 2.90. The van der Waals surface area contributed by atoms with Crippen LogP contribution in [-0.2, 0) is 6.42 Å². The first kappa shape index (κ1) is 8.97. The monoisotopic (exact) mass is 165 g/mol. The maximum Gasteiger partial charge on any atom is 0.224 e. The summed E-state index contributed by atoms with van der Waals surface area (Å²) < 4.78 is 0. The molecule has 0 saturated carbocycles. The van der Waals surface area contributed by atoms with Gasteiger partial charge in [-0.15, -0.1) is 0 Å². The number of hydrogen-bond acceptors (Lipinski definition) is 3. The Balaban J connectivity index is 3.02. The number of nitrogens with zero attached hydrogens (tertiary/aromatic N) is 3. The molecule has 0 atom stereocenters. The van der Waals surface area contributed by atoms with Crippen molar-refractivity contribution in [3.05, 3.63) is 17.5 Å². The number of aromatic nitrogens is 2. The van der Waals surface area contributed by atoms with E-state index in [-0.39, 0.29) is 0 Å². The SMILES string of the molecule is CCc1cnc(N(C)C)nc1C. The van der Waals surface area contributed by atoms with Gasteiger partial charge in [0.15, 0.2) is 0 Å². The van der Waals surface area contributed by atoms with E-state index in [4.69, 9.17) is 0 Å². The van der Waals surface area contributed by atoms with Gasteiger partial charge in [0.05, 0.1) is 0 Å². The second-order valence-corrected chi connectivity index (χ2v) is 3.03. The highest BCUT2D eigenvalue weighted by Gasteiger charge is 2.01. The predicted octanol–water partition coefficient (Wildman–Crippen LogP) is 1.41. The van der Waals surface area contributed by atoms with Crippen LogP contribution in [0.1, 0.15) is 18.2 Å². The zero-order chi connectivity index (χ0) is 9.14. The predicted molar refractivity (Wildman–Crippen MR) is 50.5 cm³/mol. The van der Waals surface area contributed by atoms with Gasteiger partial charge in [-0.1, -0.05) is 6.92 Å². The van der Waals surface area contributed by atoms with E-state index < -0.39 is 0 Å². The van der Waals surface area contributed by atoms with E-state index >= 15 is 0 Å². The fourth-order valence-corrected chi connectivity index (χ4v) is 1.04. The molecule has 0 aromatic carbocycles. The maximum atomic E-state index is 4.36. The van der Waals surface area contributed by atoms with Crippen molar-refractivity contribution >= 4 is 5.95 Å². The summed E-state index contributed by atoms with van der Waals surface area (Å²) in [5, 5.41) is 0. The molecule has 1 heterocycles. The van der Waals surface area contributed by atoms with Crippen LogP contribution >= 0.6 is 0 Å². The molecule has 0 aliphatic heterocycles. The molecule has 0 aliphatic carbocycles. The summed E-state index contributed by atoms with van der Waals surface area (Å²) in [7, 11) is 3.89. The summed E-state index contributed by atoms with van der Waals surface area (Å²) in [6, 6.07) is 0. The summed E-state index contributed by atoms with van der Waals surface area (Å²) >= 11 is 0. The summed E-state index contributed by atoms with van der Waals surface area (Å²) in [5.74, 6) is 0.782. The van der Waals surface area contributed by atoms with Crippen molar-refractivity contribution in [2.24, 2.45) is 0 Å². The molecular weight excluding hydrogens is 150 g/mol. The molecule has 0 spiro atoms. The Hall–Kier alpha value is -1.12. The Morgan fingerprint density at radius 1 is 1.42 bits per heavy atom. The van der Waals surface area contributed by atoms with Gasteiger partial charge in [-0.25, -0.2) is 9.97 Å². The maximum absolute atomic E-state index is 4.36. The molecule has 3 nitrogen and oxygen atoms in total. The van der Waals surface area contributed by atoms with E-state index in [2.05, 4.69) is 16.9 Å². The lowest BCUT2D eigenvalue weighted by molar-refractivity contribution is 0.938. The van der Waals surface area contributed by atoms with Gasteiger partial charge in [-0.3, -0.25) is 0 Å². The highest BCUT2D eigenvalue weighted by molar-refractivity contribution is 5.30. The minimum atomic E-state index is 0.782. The van der Waals surface area contributed by atoms with Crippen molar-refractivity contribution in [3.63, 3.8) is 0 Å². The molecule has 0 amide bonds. The third-order valence-corrected chi connectivity index (χ3v) is 1.85. The first-order valence-corrected chi connectivity index (χ1v) is 4.15. The summed E-state index contributed by atoms with van der Waals surface area (Å²) in [6.45, 7) is 4.13. The van der Waals surface area contributed by atoms with Crippen LogP contribution in [-0.4, -0.2) is 24.1 Å². The molecule has 1 rings (SSSR count). The Bertz CT molecular complexity index is 268. The van der Waals surface area contributed by atoms with Gasteiger partial charge >= 0.3 is 0 Å². The molecule has 1 aromatic heterocycles. The van der Waals surface area contributed by atoms with Crippen LogP contribution in [0.4, 0.5) is 5.95 Å². The van der Waals surface area contributed by atoms with Crippen LogP contribution in [0.5, 0.6) is 0 Å². The lowest BCUT2D eigenvalue weighted by Crippen LogP contribution is -2.13. The first-order valence-electron chi connectivity index (χ1n) is 4.15. The van der Waals surface area contributed by atoms with Gasteiger partial charge in [-0.05, 0) is 18.9 Å². The van der Waals surface area contributed by atoms with Gasteiger partial charge in [0.1, 0.15) is 0 Å². The normalized spacial score (nSPS) is 10.0. The van der Waals surface area contributed by atoms with E-state index in [1.165, 1.54) is 5.56 Å². The lowest BCUT2D eigenvalue weighted by atomic mass is 10.2. The van der Waals surface area contributed by atoms with Gasteiger partial charge in [0.2, 0.25) is 5.95 Å². The van der Waals surface area contributed by atoms with E-state index in [1.54, 1.807) is 0 Å². The Kier molecular flexibility index (Phi) is 2.63. The smallest absolute Gasteiger partial charge is 0.224 e. The van der Waals surface area contributed by atoms with Crippen LogP contribution in [0.25, 0.3) is 0 Å². The van der Waals surface area contributed by atoms with Crippen LogP contribution < -0.4 is 4.90 Å². The average Bonchev–Trinajstić information content (AvgIpc) is 2.04. The Morgan fingerprint density at radius 2 is 2.08 bits per heavy atom. The van der Waals surface area contributed by atoms with Gasteiger partial charge in [0, 0.05) is 26.0 Å². The molecular formula is C9H15N3. The minimum absolute atomic E-state index is 0.782. The lowest BCUT2D eigenvalue weighted by Gasteiger charge is -2.11. The minimum Gasteiger partial charge on any atom is -0.347 e. The van der Waals surface area contributed by atoms with Crippen molar-refractivity contribution in [1.29, 1.82) is 0 Å². The fraction of sp³-hybridized carbons (Fsp3) is 0.556. The molecule has 0 unspecified atom stereocenters. The van der Waals surface area contributed by atoms with Crippen molar-refractivity contribution in [1.82, 2.24) is 9.97 Å². The molecule has 3 heteroatoms. The topological polar surface area (TPSA) is 29.0 Å². The van der Waals surface area contributed by atoms with Gasteiger partial charge in [-0.2, -0.15) is 0 Å². The Morgan fingerprint density at radius 3 is 2.50 bits per heavy atom. The van der Waals surface area contributed by atoms with Crippen LogP contribution in [0, 0.1) is 6.92 Å². The number of anilines is 1. The summed E-state index contributed by atoms with van der Waals surface area (Å²) in [4.78, 5) is 10.5. The molecule has 0 saturated heterocycles. The van der Waals surface area contributed by atoms with Gasteiger partial charge in [0.25, 0.3) is 0 Å². The largest absolute Gasteiger partial charge is 0.347 e. The third kappa shape index (κ3) is 1.72. The average molecular weight is 165 g/mol. The molecule has 0 fully saturated rings. The zero-order valence-electron chi connectivity index (χ0n) is 8.13. The van der Waals surface area contributed by atoms with Crippen LogP contribution in [0.15, 0.2) is 6.20 Å². The molecule has 66 valence electrons. The van der Waals surface area contributed by atoms with Crippen molar-refractivity contribution in [2.45, 2.75) is 20.3 Å². The second-order valence-electron chi connectivity index (χ2n) is 3.03. The fourth-order valence-electron chi connectivity index (χ4n) is 1.04. The zero-order valence-corrected chi connectivity index (χ0v) is 8.13. The highest BCUT2D eigenvalue weighted by Crippen LogP contribution is 2.08. The van der Waals surface area contributed by atoms with Crippen molar-refractivity contribution in [2.75, 3.05) is 19.0 Å². The Labute approximate surface area is 73.5 Å². The highest BCUT2D eigenvalue weighted by atomic mass is 15.2. The second kappa shape index (κ2) is 3.52. The molecule has 0 aliphatic rings. The van der Waals surface area contributed by atoms with Crippen LogP contribution in [0.3, 0.4) is 0 Å².